The molecule has 0 spiro atoms. The normalized spacial score (nSPS) is 15.3. The van der Waals surface area contributed by atoms with Gasteiger partial charge in [0.1, 0.15) is 6.54 Å². The number of esters is 1. The molecule has 1 fully saturated rings. The van der Waals surface area contributed by atoms with Crippen LogP contribution in [0, 0.1) is 0 Å². The molecule has 3 rings (SSSR count). The minimum absolute atomic E-state index is 0.238. The lowest BCUT2D eigenvalue weighted by Crippen LogP contribution is -2.42. The second kappa shape index (κ2) is 6.42. The number of imidazole rings is 1. The molecule has 0 radical (unpaired) electrons. The van der Waals surface area contributed by atoms with E-state index in [9.17, 15) is 19.2 Å². The lowest BCUT2D eigenvalue weighted by molar-refractivity contribution is -0.158. The summed E-state index contributed by atoms with van der Waals surface area (Å²) >= 11 is 0. The Morgan fingerprint density at radius 3 is 2.56 bits per heavy atom. The highest BCUT2D eigenvalue weighted by molar-refractivity contribution is 5.98. The maximum atomic E-state index is 12.3. The number of hydrogen-bond acceptors (Lipinski definition) is 5. The first kappa shape index (κ1) is 16.7. The fraction of sp³-hybridized carbons (Fsp3) is 0.375. The molecule has 2 aromatic rings. The Morgan fingerprint density at radius 1 is 1.24 bits per heavy atom. The van der Waals surface area contributed by atoms with Crippen LogP contribution in [0.1, 0.15) is 6.92 Å². The van der Waals surface area contributed by atoms with E-state index in [1.165, 1.54) is 16.1 Å². The van der Waals surface area contributed by atoms with Gasteiger partial charge in [-0.1, -0.05) is 12.1 Å². The zero-order valence-corrected chi connectivity index (χ0v) is 13.9. The highest BCUT2D eigenvalue weighted by atomic mass is 16.5. The highest BCUT2D eigenvalue weighted by Crippen LogP contribution is 2.12. The van der Waals surface area contributed by atoms with Gasteiger partial charge in [-0.2, -0.15) is 0 Å². The minimum Gasteiger partial charge on any atom is -0.451 e. The standard InChI is InChI=1S/C16H18N4O5/c1-10(14(22)19-8-7-17-15(19)23)25-13(21)9-20-12-6-4-3-5-11(12)18(2)16(20)24/h3-6,10H,7-9H2,1-2H3,(H,17,23)/t10-/m0/s1. The number of urea groups is 1. The largest absolute Gasteiger partial charge is 0.451 e. The van der Waals surface area contributed by atoms with E-state index in [0.29, 0.717) is 17.6 Å². The predicted octanol–water partition coefficient (Wildman–Crippen LogP) is -0.176. The van der Waals surface area contributed by atoms with Gasteiger partial charge in [0.15, 0.2) is 6.10 Å². The molecule has 0 saturated carbocycles. The van der Waals surface area contributed by atoms with Crippen molar-refractivity contribution in [3.05, 3.63) is 34.7 Å². The van der Waals surface area contributed by atoms with Crippen LogP contribution in [0.25, 0.3) is 11.0 Å². The second-order valence-electron chi connectivity index (χ2n) is 5.77. The van der Waals surface area contributed by atoms with Crippen LogP contribution in [-0.4, -0.2) is 51.1 Å². The van der Waals surface area contributed by atoms with Crippen LogP contribution in [0.15, 0.2) is 29.1 Å². The van der Waals surface area contributed by atoms with Gasteiger partial charge in [-0.25, -0.2) is 9.59 Å². The maximum absolute atomic E-state index is 12.3. The molecule has 1 atom stereocenters. The summed E-state index contributed by atoms with van der Waals surface area (Å²) in [6.07, 6.45) is -1.11. The van der Waals surface area contributed by atoms with Crippen molar-refractivity contribution in [1.29, 1.82) is 0 Å². The monoisotopic (exact) mass is 346 g/mol. The molecule has 1 aliphatic heterocycles. The van der Waals surface area contributed by atoms with Crippen molar-refractivity contribution in [2.75, 3.05) is 13.1 Å². The first-order valence-corrected chi connectivity index (χ1v) is 7.83. The van der Waals surface area contributed by atoms with Crippen molar-refractivity contribution in [2.45, 2.75) is 19.6 Å². The molecule has 9 nitrogen and oxygen atoms in total. The zero-order chi connectivity index (χ0) is 18.1. The number of aryl methyl sites for hydroxylation is 1. The topological polar surface area (TPSA) is 103 Å². The summed E-state index contributed by atoms with van der Waals surface area (Å²) in [5.74, 6) is -1.31. The van der Waals surface area contributed by atoms with Crippen molar-refractivity contribution >= 4 is 28.9 Å². The van der Waals surface area contributed by atoms with E-state index >= 15 is 0 Å². The zero-order valence-electron chi connectivity index (χ0n) is 13.9. The number of aromatic nitrogens is 2. The third-order valence-electron chi connectivity index (χ3n) is 4.12. The number of nitrogens with one attached hydrogen (secondary N) is 1. The molecule has 2 heterocycles. The molecular weight excluding hydrogens is 328 g/mol. The lowest BCUT2D eigenvalue weighted by Gasteiger charge is -2.18. The molecule has 0 unspecified atom stereocenters. The van der Waals surface area contributed by atoms with Gasteiger partial charge in [0.25, 0.3) is 5.91 Å². The molecule has 25 heavy (non-hydrogen) atoms. The van der Waals surface area contributed by atoms with Crippen LogP contribution < -0.4 is 11.0 Å². The van der Waals surface area contributed by atoms with E-state index in [4.69, 9.17) is 4.74 Å². The van der Waals surface area contributed by atoms with Gasteiger partial charge in [-0.15, -0.1) is 0 Å². The van der Waals surface area contributed by atoms with Gasteiger partial charge in [0.05, 0.1) is 11.0 Å². The fourth-order valence-corrected chi connectivity index (χ4v) is 2.83. The summed E-state index contributed by atoms with van der Waals surface area (Å²) in [6, 6.07) is 6.57. The van der Waals surface area contributed by atoms with Gasteiger partial charge in [-0.05, 0) is 19.1 Å². The number of para-hydroxylation sites is 2. The Bertz CT molecular complexity index is 913. The van der Waals surface area contributed by atoms with Crippen LogP contribution in [-0.2, 0) is 27.9 Å². The summed E-state index contributed by atoms with van der Waals surface area (Å²) < 4.78 is 7.84. The molecular formula is C16H18N4O5. The number of carbonyl (C=O) groups excluding carboxylic acids is 3. The SMILES string of the molecule is C[C@H](OC(=O)Cn1c(=O)n(C)c2ccccc21)C(=O)N1CCNC1=O. The predicted molar refractivity (Wildman–Crippen MR) is 87.8 cm³/mol. The number of fused-ring (bicyclic) bond motifs is 1. The number of amides is 3. The smallest absolute Gasteiger partial charge is 0.329 e. The molecule has 1 N–H and O–H groups in total. The van der Waals surface area contributed by atoms with Crippen molar-refractivity contribution in [3.63, 3.8) is 0 Å². The number of benzene rings is 1. The molecule has 9 heteroatoms. The number of imide groups is 1. The van der Waals surface area contributed by atoms with Crippen molar-refractivity contribution in [2.24, 2.45) is 7.05 Å². The van der Waals surface area contributed by atoms with Crippen LogP contribution >= 0.6 is 0 Å². The van der Waals surface area contributed by atoms with E-state index in [1.54, 1.807) is 31.3 Å². The van der Waals surface area contributed by atoms with E-state index < -0.39 is 24.0 Å². The van der Waals surface area contributed by atoms with Gasteiger partial charge in [-0.3, -0.25) is 23.6 Å². The average Bonchev–Trinajstić information content (AvgIpc) is 3.12. The van der Waals surface area contributed by atoms with Crippen molar-refractivity contribution < 1.29 is 19.1 Å². The van der Waals surface area contributed by atoms with Crippen molar-refractivity contribution in [1.82, 2.24) is 19.4 Å². The third kappa shape index (κ3) is 3.00. The highest BCUT2D eigenvalue weighted by Gasteiger charge is 2.31. The summed E-state index contributed by atoms with van der Waals surface area (Å²) in [6.45, 7) is 1.70. The van der Waals surface area contributed by atoms with Crippen molar-refractivity contribution in [3.8, 4) is 0 Å². The Morgan fingerprint density at radius 2 is 1.92 bits per heavy atom. The maximum Gasteiger partial charge on any atom is 0.329 e. The molecule has 1 aromatic carbocycles. The number of hydrogen-bond donors (Lipinski definition) is 1. The van der Waals surface area contributed by atoms with Crippen LogP contribution in [0.5, 0.6) is 0 Å². The quantitative estimate of drug-likeness (QED) is 0.774. The Kier molecular flexibility index (Phi) is 4.30. The Labute approximate surface area is 142 Å². The summed E-state index contributed by atoms with van der Waals surface area (Å²) in [7, 11) is 1.62. The van der Waals surface area contributed by atoms with Gasteiger partial charge < -0.3 is 10.1 Å². The molecule has 0 aliphatic carbocycles. The first-order chi connectivity index (χ1) is 11.9. The first-order valence-electron chi connectivity index (χ1n) is 7.83. The van der Waals surface area contributed by atoms with Gasteiger partial charge >= 0.3 is 17.7 Å². The van der Waals surface area contributed by atoms with E-state index in [-0.39, 0.29) is 18.8 Å². The Balaban J connectivity index is 1.73. The average molecular weight is 346 g/mol. The fourth-order valence-electron chi connectivity index (χ4n) is 2.83. The summed E-state index contributed by atoms with van der Waals surface area (Å²) in [4.78, 5) is 49.1. The van der Waals surface area contributed by atoms with Crippen LogP contribution in [0.3, 0.4) is 0 Å². The molecule has 132 valence electrons. The van der Waals surface area contributed by atoms with E-state index in [1.807, 2.05) is 0 Å². The van der Waals surface area contributed by atoms with E-state index in [0.717, 1.165) is 4.90 Å². The number of rotatable bonds is 4. The molecule has 1 aliphatic rings. The van der Waals surface area contributed by atoms with Crippen LogP contribution in [0.4, 0.5) is 4.79 Å². The summed E-state index contributed by atoms with van der Waals surface area (Å²) in [5, 5.41) is 2.51. The van der Waals surface area contributed by atoms with Crippen LogP contribution in [0.2, 0.25) is 0 Å². The molecule has 0 bridgehead atoms. The second-order valence-corrected chi connectivity index (χ2v) is 5.77. The molecule has 1 aromatic heterocycles. The Hall–Kier alpha value is -3.10. The number of carbonyl (C=O) groups is 3. The molecule has 1 saturated heterocycles. The van der Waals surface area contributed by atoms with E-state index in [2.05, 4.69) is 5.32 Å². The third-order valence-corrected chi connectivity index (χ3v) is 4.12. The van der Waals surface area contributed by atoms with Gasteiger partial charge in [0.2, 0.25) is 0 Å². The lowest BCUT2D eigenvalue weighted by atomic mass is 10.3. The molecule has 3 amide bonds. The number of nitrogens with zero attached hydrogens (tertiary/aromatic N) is 3. The minimum atomic E-state index is -1.11. The van der Waals surface area contributed by atoms with Gasteiger partial charge in [0, 0.05) is 20.1 Å². The summed E-state index contributed by atoms with van der Waals surface area (Å²) in [5.41, 5.74) is 0.944. The number of ether oxygens (including phenoxy) is 1.